The highest BCUT2D eigenvalue weighted by Gasteiger charge is 1.98. The van der Waals surface area contributed by atoms with Crippen molar-refractivity contribution in [2.24, 2.45) is 0 Å². The van der Waals surface area contributed by atoms with Crippen LogP contribution in [0.2, 0.25) is 0 Å². The van der Waals surface area contributed by atoms with Gasteiger partial charge in [-0.3, -0.25) is 0 Å². The van der Waals surface area contributed by atoms with Gasteiger partial charge in [-0.15, -0.1) is 0 Å². The summed E-state index contributed by atoms with van der Waals surface area (Å²) in [5.74, 6) is 0.663. The minimum atomic E-state index is 0.269. The largest absolute Gasteiger partial charge is 0.382 e. The molecule has 1 rings (SSSR count). The van der Waals surface area contributed by atoms with Crippen molar-refractivity contribution in [2.75, 3.05) is 5.73 Å². The molecule has 9 heavy (non-hydrogen) atoms. The van der Waals surface area contributed by atoms with E-state index in [1.165, 1.54) is 0 Å². The molecule has 0 fully saturated rings. The SMILES string of the molecule is Cc1[nH]c(C#N)nc1N. The van der Waals surface area contributed by atoms with Gasteiger partial charge >= 0.3 is 0 Å². The van der Waals surface area contributed by atoms with Crippen LogP contribution in [-0.4, -0.2) is 9.97 Å². The number of nitrogen functional groups attached to an aromatic ring is 1. The monoisotopic (exact) mass is 122 g/mol. The van der Waals surface area contributed by atoms with Crippen molar-refractivity contribution in [3.8, 4) is 6.07 Å². The van der Waals surface area contributed by atoms with Crippen molar-refractivity contribution >= 4 is 5.82 Å². The van der Waals surface area contributed by atoms with Crippen LogP contribution in [0.3, 0.4) is 0 Å². The zero-order valence-corrected chi connectivity index (χ0v) is 4.97. The quantitative estimate of drug-likeness (QED) is 0.515. The molecule has 0 spiro atoms. The van der Waals surface area contributed by atoms with Crippen LogP contribution in [-0.2, 0) is 0 Å². The summed E-state index contributed by atoms with van der Waals surface area (Å²) in [7, 11) is 0. The molecular formula is C5H6N4. The van der Waals surface area contributed by atoms with Crippen LogP contribution in [0, 0.1) is 18.3 Å². The highest BCUT2D eigenvalue weighted by Crippen LogP contribution is 2.03. The Morgan fingerprint density at radius 1 is 1.78 bits per heavy atom. The van der Waals surface area contributed by atoms with Crippen molar-refractivity contribution in [1.29, 1.82) is 5.26 Å². The van der Waals surface area contributed by atoms with E-state index in [2.05, 4.69) is 9.97 Å². The lowest BCUT2D eigenvalue weighted by Crippen LogP contribution is -1.85. The van der Waals surface area contributed by atoms with Gasteiger partial charge < -0.3 is 10.7 Å². The Kier molecular flexibility index (Phi) is 1.12. The van der Waals surface area contributed by atoms with Crippen molar-refractivity contribution in [3.63, 3.8) is 0 Å². The zero-order valence-electron chi connectivity index (χ0n) is 4.97. The number of rotatable bonds is 0. The first-order valence-electron chi connectivity index (χ1n) is 2.46. The molecule has 4 heteroatoms. The number of nitrogens with two attached hydrogens (primary N) is 1. The lowest BCUT2D eigenvalue weighted by atomic mass is 10.5. The Labute approximate surface area is 52.3 Å². The first-order valence-corrected chi connectivity index (χ1v) is 2.46. The molecule has 0 saturated carbocycles. The van der Waals surface area contributed by atoms with Crippen LogP contribution in [0.15, 0.2) is 0 Å². The molecular weight excluding hydrogens is 116 g/mol. The zero-order chi connectivity index (χ0) is 6.85. The third-order valence-corrected chi connectivity index (χ3v) is 1.03. The van der Waals surface area contributed by atoms with E-state index in [1.54, 1.807) is 6.92 Å². The van der Waals surface area contributed by atoms with Gasteiger partial charge in [-0.25, -0.2) is 4.98 Å². The summed E-state index contributed by atoms with van der Waals surface area (Å²) in [6.07, 6.45) is 0. The predicted octanol–water partition coefficient (Wildman–Crippen LogP) is 0.172. The first kappa shape index (κ1) is 5.63. The van der Waals surface area contributed by atoms with Crippen molar-refractivity contribution in [2.45, 2.75) is 6.92 Å². The number of aryl methyl sites for hydroxylation is 1. The molecule has 0 unspecified atom stereocenters. The highest BCUT2D eigenvalue weighted by atomic mass is 15.0. The topological polar surface area (TPSA) is 78.5 Å². The summed E-state index contributed by atoms with van der Waals surface area (Å²) < 4.78 is 0. The molecule has 0 saturated heterocycles. The predicted molar refractivity (Wildman–Crippen MR) is 32.5 cm³/mol. The van der Waals surface area contributed by atoms with E-state index in [0.717, 1.165) is 5.69 Å². The second-order valence-electron chi connectivity index (χ2n) is 1.71. The van der Waals surface area contributed by atoms with Gasteiger partial charge in [0.1, 0.15) is 11.9 Å². The van der Waals surface area contributed by atoms with E-state index in [0.29, 0.717) is 5.82 Å². The number of nitrogens with zero attached hydrogens (tertiary/aromatic N) is 2. The van der Waals surface area contributed by atoms with E-state index < -0.39 is 0 Å². The molecule has 1 aromatic rings. The molecule has 0 atom stereocenters. The molecule has 46 valence electrons. The van der Waals surface area contributed by atoms with Gasteiger partial charge in [0.2, 0.25) is 5.82 Å². The second kappa shape index (κ2) is 1.78. The maximum atomic E-state index is 8.28. The molecule has 1 aromatic heterocycles. The number of hydrogen-bond acceptors (Lipinski definition) is 3. The molecule has 0 aliphatic heterocycles. The van der Waals surface area contributed by atoms with Gasteiger partial charge in [0.25, 0.3) is 0 Å². The molecule has 0 radical (unpaired) electrons. The third kappa shape index (κ3) is 0.842. The van der Waals surface area contributed by atoms with E-state index in [-0.39, 0.29) is 5.82 Å². The van der Waals surface area contributed by atoms with E-state index in [9.17, 15) is 0 Å². The Morgan fingerprint density at radius 3 is 2.67 bits per heavy atom. The van der Waals surface area contributed by atoms with Crippen LogP contribution >= 0.6 is 0 Å². The minimum absolute atomic E-state index is 0.269. The molecule has 0 bridgehead atoms. The first-order chi connectivity index (χ1) is 4.24. The molecule has 0 aliphatic rings. The van der Waals surface area contributed by atoms with Gasteiger partial charge in [-0.1, -0.05) is 0 Å². The normalized spacial score (nSPS) is 8.89. The molecule has 4 nitrogen and oxygen atoms in total. The fourth-order valence-corrected chi connectivity index (χ4v) is 0.527. The standard InChI is InChI=1S/C5H6N4/c1-3-5(7)9-4(2-6)8-3/h7H2,1H3,(H,8,9). The third-order valence-electron chi connectivity index (χ3n) is 1.03. The number of aromatic amines is 1. The summed E-state index contributed by atoms with van der Waals surface area (Å²) in [5.41, 5.74) is 6.06. The van der Waals surface area contributed by atoms with Crippen LogP contribution < -0.4 is 5.73 Å². The average molecular weight is 122 g/mol. The number of anilines is 1. The fraction of sp³-hybridized carbons (Fsp3) is 0.200. The number of nitriles is 1. The summed E-state index contributed by atoms with van der Waals surface area (Å²) in [6.45, 7) is 1.77. The number of H-pyrrole nitrogens is 1. The second-order valence-corrected chi connectivity index (χ2v) is 1.71. The summed E-state index contributed by atoms with van der Waals surface area (Å²) >= 11 is 0. The van der Waals surface area contributed by atoms with Crippen LogP contribution in [0.4, 0.5) is 5.82 Å². The van der Waals surface area contributed by atoms with Gasteiger partial charge in [0, 0.05) is 0 Å². The van der Waals surface area contributed by atoms with Crippen LogP contribution in [0.5, 0.6) is 0 Å². The van der Waals surface area contributed by atoms with E-state index in [4.69, 9.17) is 11.0 Å². The minimum Gasteiger partial charge on any atom is -0.382 e. The maximum Gasteiger partial charge on any atom is 0.212 e. The highest BCUT2D eigenvalue weighted by molar-refractivity contribution is 5.37. The van der Waals surface area contributed by atoms with Crippen molar-refractivity contribution in [3.05, 3.63) is 11.5 Å². The van der Waals surface area contributed by atoms with Gasteiger partial charge in [-0.05, 0) is 6.92 Å². The molecule has 0 aliphatic carbocycles. The summed E-state index contributed by atoms with van der Waals surface area (Å²) in [5, 5.41) is 8.28. The average Bonchev–Trinajstić information content (AvgIpc) is 2.13. The Balaban J connectivity index is 3.16. The van der Waals surface area contributed by atoms with E-state index >= 15 is 0 Å². The summed E-state index contributed by atoms with van der Waals surface area (Å²) in [6, 6.07) is 1.84. The van der Waals surface area contributed by atoms with Crippen molar-refractivity contribution in [1.82, 2.24) is 9.97 Å². The molecule has 0 amide bonds. The van der Waals surface area contributed by atoms with Gasteiger partial charge in [-0.2, -0.15) is 5.26 Å². The summed E-state index contributed by atoms with van der Waals surface area (Å²) in [4.78, 5) is 6.39. The lowest BCUT2D eigenvalue weighted by Gasteiger charge is -1.79. The van der Waals surface area contributed by atoms with Gasteiger partial charge in [0.05, 0.1) is 5.69 Å². The number of imidazole rings is 1. The molecule has 1 heterocycles. The Hall–Kier alpha value is -1.50. The van der Waals surface area contributed by atoms with Crippen molar-refractivity contribution < 1.29 is 0 Å². The number of hydrogen-bond donors (Lipinski definition) is 2. The van der Waals surface area contributed by atoms with Crippen LogP contribution in [0.1, 0.15) is 11.5 Å². The van der Waals surface area contributed by atoms with Gasteiger partial charge in [0.15, 0.2) is 0 Å². The number of aromatic nitrogens is 2. The molecule has 0 aromatic carbocycles. The fourth-order valence-electron chi connectivity index (χ4n) is 0.527. The number of nitrogens with one attached hydrogen (secondary N) is 1. The Morgan fingerprint density at radius 2 is 2.44 bits per heavy atom. The Bertz CT molecular complexity index is 235. The lowest BCUT2D eigenvalue weighted by molar-refractivity contribution is 1.20. The van der Waals surface area contributed by atoms with Crippen LogP contribution in [0.25, 0.3) is 0 Å². The molecule has 3 N–H and O–H groups in total. The smallest absolute Gasteiger partial charge is 0.212 e. The van der Waals surface area contributed by atoms with E-state index in [1.807, 2.05) is 6.07 Å². The maximum absolute atomic E-state index is 8.28.